The van der Waals surface area contributed by atoms with Gasteiger partial charge in [-0.05, 0) is 36.8 Å². The minimum atomic E-state index is -0.0200. The summed E-state index contributed by atoms with van der Waals surface area (Å²) < 4.78 is 5.42. The van der Waals surface area contributed by atoms with Gasteiger partial charge in [0.2, 0.25) is 0 Å². The molecule has 0 saturated carbocycles. The average molecular weight is 395 g/mol. The number of ether oxygens (including phenoxy) is 1. The molecule has 0 bridgehead atoms. The largest absolute Gasteiger partial charge is 0.378 e. The number of carbonyl (C=O) groups is 1. The lowest BCUT2D eigenvalue weighted by Crippen LogP contribution is -2.52. The first kappa shape index (κ1) is 19.6. The Balaban J connectivity index is 1.28. The molecule has 0 spiro atoms. The summed E-state index contributed by atoms with van der Waals surface area (Å²) in [5.41, 5.74) is 3.56. The summed E-state index contributed by atoms with van der Waals surface area (Å²) >= 11 is 0. The quantitative estimate of drug-likeness (QED) is 0.866. The fourth-order valence-electron chi connectivity index (χ4n) is 3.96. The molecule has 2 aromatic carbocycles. The fourth-order valence-corrected chi connectivity index (χ4v) is 3.96. The summed E-state index contributed by atoms with van der Waals surface area (Å²) in [7, 11) is 0. The molecular weight excluding hydrogens is 364 g/mol. The molecule has 2 heterocycles. The number of amides is 2. The minimum absolute atomic E-state index is 0.0162. The number of carbonyl (C=O) groups excluding carboxylic acids is 1. The highest BCUT2D eigenvalue weighted by Gasteiger charge is 2.22. The topological polar surface area (TPSA) is 48.1 Å². The van der Waals surface area contributed by atoms with Crippen LogP contribution in [0.15, 0.2) is 54.6 Å². The van der Waals surface area contributed by atoms with Crippen molar-refractivity contribution in [2.24, 2.45) is 0 Å². The van der Waals surface area contributed by atoms with E-state index in [1.807, 2.05) is 17.9 Å². The lowest BCUT2D eigenvalue weighted by atomic mass is 10.1. The Labute approximate surface area is 173 Å². The van der Waals surface area contributed by atoms with Gasteiger partial charge in [-0.2, -0.15) is 0 Å². The molecule has 6 nitrogen and oxygen atoms in total. The minimum Gasteiger partial charge on any atom is -0.378 e. The molecule has 2 aliphatic heterocycles. The number of para-hydroxylation sites is 1. The van der Waals surface area contributed by atoms with E-state index in [2.05, 4.69) is 63.6 Å². The summed E-state index contributed by atoms with van der Waals surface area (Å²) in [5, 5.41) is 3.15. The number of anilines is 2. The number of nitrogens with zero attached hydrogens (tertiary/aromatic N) is 3. The van der Waals surface area contributed by atoms with Crippen LogP contribution in [0.2, 0.25) is 0 Å². The molecule has 154 valence electrons. The average Bonchev–Trinajstić information content (AvgIpc) is 2.80. The van der Waals surface area contributed by atoms with Crippen LogP contribution in [0.1, 0.15) is 18.5 Å². The van der Waals surface area contributed by atoms with E-state index in [0.29, 0.717) is 0 Å². The van der Waals surface area contributed by atoms with Gasteiger partial charge in [0.05, 0.1) is 19.3 Å². The van der Waals surface area contributed by atoms with Gasteiger partial charge in [-0.15, -0.1) is 0 Å². The van der Waals surface area contributed by atoms with Gasteiger partial charge in [0.1, 0.15) is 0 Å². The Morgan fingerprint density at radius 3 is 2.07 bits per heavy atom. The second-order valence-electron chi connectivity index (χ2n) is 7.67. The van der Waals surface area contributed by atoms with Gasteiger partial charge < -0.3 is 24.8 Å². The van der Waals surface area contributed by atoms with E-state index in [-0.39, 0.29) is 12.1 Å². The highest BCUT2D eigenvalue weighted by atomic mass is 16.5. The maximum atomic E-state index is 12.7. The second kappa shape index (κ2) is 9.18. The van der Waals surface area contributed by atoms with E-state index in [9.17, 15) is 4.79 Å². The van der Waals surface area contributed by atoms with Gasteiger partial charge in [-0.3, -0.25) is 0 Å². The fraction of sp³-hybridized carbons (Fsp3) is 0.435. The second-order valence-corrected chi connectivity index (χ2v) is 7.67. The van der Waals surface area contributed by atoms with E-state index < -0.39 is 0 Å². The standard InChI is InChI=1S/C23H30N4O2/c1-19(20-7-9-22(10-8-20)26-15-17-29-18-16-26)24-23(28)27-13-11-25(12-14-27)21-5-3-2-4-6-21/h2-10,19H,11-18H2,1H3,(H,24,28). The number of rotatable bonds is 4. The van der Waals surface area contributed by atoms with Crippen molar-refractivity contribution in [1.29, 1.82) is 0 Å². The molecule has 2 amide bonds. The van der Waals surface area contributed by atoms with E-state index in [0.717, 1.165) is 58.0 Å². The van der Waals surface area contributed by atoms with Gasteiger partial charge >= 0.3 is 6.03 Å². The molecule has 6 heteroatoms. The molecule has 1 N–H and O–H groups in total. The first-order chi connectivity index (χ1) is 14.2. The summed E-state index contributed by atoms with van der Waals surface area (Å²) in [6.07, 6.45) is 0. The van der Waals surface area contributed by atoms with Crippen molar-refractivity contribution in [3.63, 3.8) is 0 Å². The number of hydrogen-bond acceptors (Lipinski definition) is 4. The zero-order valence-electron chi connectivity index (χ0n) is 17.1. The van der Waals surface area contributed by atoms with Crippen LogP contribution in [0.3, 0.4) is 0 Å². The third-order valence-electron chi connectivity index (χ3n) is 5.80. The molecular formula is C23H30N4O2. The van der Waals surface area contributed by atoms with Gasteiger partial charge in [0, 0.05) is 50.6 Å². The zero-order chi connectivity index (χ0) is 20.1. The molecule has 0 aromatic heterocycles. The molecule has 0 aliphatic carbocycles. The molecule has 2 fully saturated rings. The van der Waals surface area contributed by atoms with Crippen molar-refractivity contribution in [3.8, 4) is 0 Å². The van der Waals surface area contributed by atoms with Crippen LogP contribution in [-0.2, 0) is 4.74 Å². The molecule has 2 aromatic rings. The predicted octanol–water partition coefficient (Wildman–Crippen LogP) is 3.12. The Morgan fingerprint density at radius 1 is 0.828 bits per heavy atom. The Morgan fingerprint density at radius 2 is 1.41 bits per heavy atom. The Bertz CT molecular complexity index is 782. The molecule has 1 unspecified atom stereocenters. The van der Waals surface area contributed by atoms with Crippen molar-refractivity contribution < 1.29 is 9.53 Å². The molecule has 2 saturated heterocycles. The van der Waals surface area contributed by atoms with Crippen LogP contribution < -0.4 is 15.1 Å². The molecule has 0 radical (unpaired) electrons. The molecule has 1 atom stereocenters. The zero-order valence-corrected chi connectivity index (χ0v) is 17.1. The van der Waals surface area contributed by atoms with Crippen molar-refractivity contribution in [3.05, 3.63) is 60.2 Å². The predicted molar refractivity (Wildman–Crippen MR) is 117 cm³/mol. The summed E-state index contributed by atoms with van der Waals surface area (Å²) in [5.74, 6) is 0. The van der Waals surface area contributed by atoms with Crippen molar-refractivity contribution in [2.45, 2.75) is 13.0 Å². The Kier molecular flexibility index (Phi) is 6.20. The molecule has 29 heavy (non-hydrogen) atoms. The molecule has 4 rings (SSSR count). The monoisotopic (exact) mass is 394 g/mol. The number of piperazine rings is 1. The van der Waals surface area contributed by atoms with E-state index in [4.69, 9.17) is 4.74 Å². The third kappa shape index (κ3) is 4.82. The SMILES string of the molecule is CC(NC(=O)N1CCN(c2ccccc2)CC1)c1ccc(N2CCOCC2)cc1. The highest BCUT2D eigenvalue weighted by molar-refractivity contribution is 5.75. The number of morpholine rings is 1. The van der Waals surface area contributed by atoms with Gasteiger partial charge in [-0.1, -0.05) is 30.3 Å². The van der Waals surface area contributed by atoms with Crippen LogP contribution >= 0.6 is 0 Å². The van der Waals surface area contributed by atoms with E-state index >= 15 is 0 Å². The maximum Gasteiger partial charge on any atom is 0.317 e. The normalized spacial score (nSPS) is 18.4. The first-order valence-electron chi connectivity index (χ1n) is 10.5. The summed E-state index contributed by atoms with van der Waals surface area (Å²) in [6, 6.07) is 18.9. The number of nitrogens with one attached hydrogen (secondary N) is 1. The van der Waals surface area contributed by atoms with Crippen LogP contribution in [0.4, 0.5) is 16.2 Å². The number of urea groups is 1. The van der Waals surface area contributed by atoms with E-state index in [1.165, 1.54) is 11.4 Å². The van der Waals surface area contributed by atoms with Crippen molar-refractivity contribution >= 4 is 17.4 Å². The lowest BCUT2D eigenvalue weighted by molar-refractivity contribution is 0.122. The number of hydrogen-bond donors (Lipinski definition) is 1. The van der Waals surface area contributed by atoms with Crippen molar-refractivity contribution in [2.75, 3.05) is 62.3 Å². The van der Waals surface area contributed by atoms with Crippen LogP contribution in [0.5, 0.6) is 0 Å². The van der Waals surface area contributed by atoms with E-state index in [1.54, 1.807) is 0 Å². The maximum absolute atomic E-state index is 12.7. The third-order valence-corrected chi connectivity index (χ3v) is 5.80. The van der Waals surface area contributed by atoms with Crippen LogP contribution in [0.25, 0.3) is 0 Å². The Hall–Kier alpha value is -2.73. The lowest BCUT2D eigenvalue weighted by Gasteiger charge is -2.36. The number of benzene rings is 2. The summed E-state index contributed by atoms with van der Waals surface area (Å²) in [6.45, 7) is 8.67. The molecule has 2 aliphatic rings. The smallest absolute Gasteiger partial charge is 0.317 e. The van der Waals surface area contributed by atoms with Gasteiger partial charge in [0.15, 0.2) is 0 Å². The van der Waals surface area contributed by atoms with Gasteiger partial charge in [-0.25, -0.2) is 4.79 Å². The van der Waals surface area contributed by atoms with Crippen LogP contribution in [-0.4, -0.2) is 63.4 Å². The van der Waals surface area contributed by atoms with Crippen LogP contribution in [0, 0.1) is 0 Å². The van der Waals surface area contributed by atoms with Crippen molar-refractivity contribution in [1.82, 2.24) is 10.2 Å². The van der Waals surface area contributed by atoms with Gasteiger partial charge in [0.25, 0.3) is 0 Å². The summed E-state index contributed by atoms with van der Waals surface area (Å²) in [4.78, 5) is 19.3. The highest BCUT2D eigenvalue weighted by Crippen LogP contribution is 2.21. The first-order valence-corrected chi connectivity index (χ1v) is 10.5.